The van der Waals surface area contributed by atoms with Gasteiger partial charge in [0.15, 0.2) is 11.5 Å². The predicted octanol–water partition coefficient (Wildman–Crippen LogP) is 3.81. The van der Waals surface area contributed by atoms with E-state index in [0.29, 0.717) is 24.3 Å². The minimum Gasteiger partial charge on any atom is -0.440 e. The van der Waals surface area contributed by atoms with E-state index in [1.807, 2.05) is 29.2 Å². The van der Waals surface area contributed by atoms with Crippen LogP contribution in [0.2, 0.25) is 0 Å². The number of aromatic nitrogens is 1. The number of nitrogens with zero attached hydrogens (tertiary/aromatic N) is 2. The van der Waals surface area contributed by atoms with Crippen molar-refractivity contribution < 1.29 is 14.0 Å². The van der Waals surface area contributed by atoms with Crippen LogP contribution in [0.5, 0.6) is 0 Å². The first kappa shape index (κ1) is 17.3. The molecule has 1 saturated heterocycles. The van der Waals surface area contributed by atoms with Crippen LogP contribution in [-0.2, 0) is 4.79 Å². The smallest absolute Gasteiger partial charge is 0.253 e. The molecular formula is C21H21N3O3. The SMILES string of the molecule is CC(=O)Nc1cccc(C(=O)N2CCC(c3nc4ccccc4o3)CC2)c1. The first-order valence-electron chi connectivity index (χ1n) is 9.12. The summed E-state index contributed by atoms with van der Waals surface area (Å²) >= 11 is 0. The summed E-state index contributed by atoms with van der Waals surface area (Å²) in [6.45, 7) is 2.77. The van der Waals surface area contributed by atoms with E-state index in [-0.39, 0.29) is 17.7 Å². The first-order valence-corrected chi connectivity index (χ1v) is 9.12. The van der Waals surface area contributed by atoms with Crippen LogP contribution in [0.3, 0.4) is 0 Å². The second kappa shape index (κ2) is 7.23. The fraction of sp³-hybridized carbons (Fsp3) is 0.286. The van der Waals surface area contributed by atoms with Gasteiger partial charge in [-0.3, -0.25) is 9.59 Å². The number of likely N-dealkylation sites (tertiary alicyclic amines) is 1. The number of hydrogen-bond acceptors (Lipinski definition) is 4. The van der Waals surface area contributed by atoms with Crippen molar-refractivity contribution in [3.05, 3.63) is 60.0 Å². The van der Waals surface area contributed by atoms with E-state index < -0.39 is 0 Å². The number of oxazole rings is 1. The van der Waals surface area contributed by atoms with Crippen LogP contribution in [0.25, 0.3) is 11.1 Å². The summed E-state index contributed by atoms with van der Waals surface area (Å²) in [7, 11) is 0. The average molecular weight is 363 g/mol. The van der Waals surface area contributed by atoms with Crippen LogP contribution in [0.1, 0.15) is 41.9 Å². The minimum atomic E-state index is -0.154. The van der Waals surface area contributed by atoms with Gasteiger partial charge in [-0.05, 0) is 43.2 Å². The van der Waals surface area contributed by atoms with E-state index in [1.54, 1.807) is 24.3 Å². The number of anilines is 1. The Morgan fingerprint density at radius 2 is 1.89 bits per heavy atom. The molecule has 1 fully saturated rings. The van der Waals surface area contributed by atoms with Crippen molar-refractivity contribution in [3.63, 3.8) is 0 Å². The van der Waals surface area contributed by atoms with E-state index >= 15 is 0 Å². The van der Waals surface area contributed by atoms with Crippen molar-refractivity contribution in [1.82, 2.24) is 9.88 Å². The lowest BCUT2D eigenvalue weighted by Gasteiger charge is -2.30. The molecule has 0 bridgehead atoms. The fourth-order valence-corrected chi connectivity index (χ4v) is 3.51. The van der Waals surface area contributed by atoms with E-state index in [0.717, 1.165) is 29.8 Å². The standard InChI is InChI=1S/C21H21N3O3/c1-14(25)22-17-6-4-5-16(13-17)21(26)24-11-9-15(10-12-24)20-23-18-7-2-3-8-19(18)27-20/h2-8,13,15H,9-12H2,1H3,(H,22,25). The molecule has 2 heterocycles. The maximum absolute atomic E-state index is 12.8. The largest absolute Gasteiger partial charge is 0.440 e. The molecule has 0 atom stereocenters. The van der Waals surface area contributed by atoms with Gasteiger partial charge in [0.25, 0.3) is 5.91 Å². The maximum Gasteiger partial charge on any atom is 0.253 e. The van der Waals surface area contributed by atoms with Gasteiger partial charge in [0.05, 0.1) is 0 Å². The van der Waals surface area contributed by atoms with Crippen LogP contribution in [0.15, 0.2) is 52.9 Å². The normalized spacial score (nSPS) is 15.1. The highest BCUT2D eigenvalue weighted by molar-refractivity contribution is 5.96. The Morgan fingerprint density at radius 1 is 1.11 bits per heavy atom. The number of rotatable bonds is 3. The zero-order chi connectivity index (χ0) is 18.8. The summed E-state index contributed by atoms with van der Waals surface area (Å²) in [4.78, 5) is 30.5. The molecule has 3 aromatic rings. The third-order valence-corrected chi connectivity index (χ3v) is 4.87. The third kappa shape index (κ3) is 3.69. The highest BCUT2D eigenvalue weighted by atomic mass is 16.3. The topological polar surface area (TPSA) is 75.4 Å². The van der Waals surface area contributed by atoms with Crippen LogP contribution < -0.4 is 5.32 Å². The summed E-state index contributed by atoms with van der Waals surface area (Å²) in [6, 6.07) is 14.8. The van der Waals surface area contributed by atoms with Gasteiger partial charge < -0.3 is 14.6 Å². The van der Waals surface area contributed by atoms with Crippen molar-refractivity contribution in [2.24, 2.45) is 0 Å². The number of fused-ring (bicyclic) bond motifs is 1. The van der Waals surface area contributed by atoms with Crippen LogP contribution in [0, 0.1) is 0 Å². The van der Waals surface area contributed by atoms with E-state index in [9.17, 15) is 9.59 Å². The van der Waals surface area contributed by atoms with Crippen molar-refractivity contribution in [2.45, 2.75) is 25.7 Å². The molecule has 1 N–H and O–H groups in total. The van der Waals surface area contributed by atoms with Gasteiger partial charge >= 0.3 is 0 Å². The Labute approximate surface area is 157 Å². The fourth-order valence-electron chi connectivity index (χ4n) is 3.51. The van der Waals surface area contributed by atoms with Crippen molar-refractivity contribution in [1.29, 1.82) is 0 Å². The lowest BCUT2D eigenvalue weighted by atomic mass is 9.96. The second-order valence-electron chi connectivity index (χ2n) is 6.85. The molecule has 6 nitrogen and oxygen atoms in total. The Morgan fingerprint density at radius 3 is 2.63 bits per heavy atom. The molecule has 0 spiro atoms. The van der Waals surface area contributed by atoms with Gasteiger partial charge in [-0.2, -0.15) is 0 Å². The molecule has 1 aliphatic rings. The lowest BCUT2D eigenvalue weighted by Crippen LogP contribution is -2.38. The summed E-state index contributed by atoms with van der Waals surface area (Å²) in [6.07, 6.45) is 1.65. The zero-order valence-corrected chi connectivity index (χ0v) is 15.1. The molecule has 1 aromatic heterocycles. The summed E-state index contributed by atoms with van der Waals surface area (Å²) < 4.78 is 5.89. The quantitative estimate of drug-likeness (QED) is 0.768. The summed E-state index contributed by atoms with van der Waals surface area (Å²) in [5.74, 6) is 0.820. The minimum absolute atomic E-state index is 0.0155. The van der Waals surface area contributed by atoms with Crippen LogP contribution in [-0.4, -0.2) is 34.8 Å². The van der Waals surface area contributed by atoms with Gasteiger partial charge in [-0.25, -0.2) is 4.98 Å². The molecule has 0 unspecified atom stereocenters. The molecule has 1 aliphatic heterocycles. The highest BCUT2D eigenvalue weighted by Crippen LogP contribution is 2.30. The number of carbonyl (C=O) groups excluding carboxylic acids is 2. The molecular weight excluding hydrogens is 342 g/mol. The molecule has 0 saturated carbocycles. The van der Waals surface area contributed by atoms with Gasteiger partial charge in [-0.15, -0.1) is 0 Å². The molecule has 6 heteroatoms. The van der Waals surface area contributed by atoms with Gasteiger partial charge in [0.1, 0.15) is 5.52 Å². The van der Waals surface area contributed by atoms with E-state index in [4.69, 9.17) is 4.42 Å². The Balaban J connectivity index is 1.42. The monoisotopic (exact) mass is 363 g/mol. The molecule has 2 aromatic carbocycles. The van der Waals surface area contributed by atoms with Crippen molar-refractivity contribution in [3.8, 4) is 0 Å². The molecule has 4 rings (SSSR count). The Bertz CT molecular complexity index is 954. The van der Waals surface area contributed by atoms with Crippen LogP contribution in [0.4, 0.5) is 5.69 Å². The number of amides is 2. The molecule has 138 valence electrons. The average Bonchev–Trinajstić information content (AvgIpc) is 3.11. The highest BCUT2D eigenvalue weighted by Gasteiger charge is 2.27. The van der Waals surface area contributed by atoms with Gasteiger partial charge in [0, 0.05) is 37.2 Å². The Hall–Kier alpha value is -3.15. The molecule has 0 radical (unpaired) electrons. The zero-order valence-electron chi connectivity index (χ0n) is 15.1. The number of para-hydroxylation sites is 2. The molecule has 27 heavy (non-hydrogen) atoms. The molecule has 2 amide bonds. The number of carbonyl (C=O) groups is 2. The lowest BCUT2D eigenvalue weighted by molar-refractivity contribution is -0.114. The van der Waals surface area contributed by atoms with Crippen LogP contribution >= 0.6 is 0 Å². The van der Waals surface area contributed by atoms with Gasteiger partial charge in [0.2, 0.25) is 5.91 Å². The summed E-state index contributed by atoms with van der Waals surface area (Å²) in [5.41, 5.74) is 2.90. The number of hydrogen-bond donors (Lipinski definition) is 1. The number of piperidine rings is 1. The predicted molar refractivity (Wildman–Crippen MR) is 103 cm³/mol. The van der Waals surface area contributed by atoms with E-state index in [2.05, 4.69) is 10.3 Å². The third-order valence-electron chi connectivity index (χ3n) is 4.87. The summed E-state index contributed by atoms with van der Waals surface area (Å²) in [5, 5.41) is 2.71. The Kier molecular flexibility index (Phi) is 4.62. The van der Waals surface area contributed by atoms with E-state index in [1.165, 1.54) is 6.92 Å². The van der Waals surface area contributed by atoms with Crippen molar-refractivity contribution >= 4 is 28.6 Å². The number of benzene rings is 2. The molecule has 0 aliphatic carbocycles. The second-order valence-corrected chi connectivity index (χ2v) is 6.85. The first-order chi connectivity index (χ1) is 13.1. The van der Waals surface area contributed by atoms with Crippen molar-refractivity contribution in [2.75, 3.05) is 18.4 Å². The number of nitrogens with one attached hydrogen (secondary N) is 1. The van der Waals surface area contributed by atoms with Gasteiger partial charge in [-0.1, -0.05) is 18.2 Å². The maximum atomic E-state index is 12.8.